The number of alkyl halides is 3. The van der Waals surface area contributed by atoms with E-state index in [0.29, 0.717) is 11.1 Å². The number of carboxylic acid groups (broad SMARTS) is 1. The van der Waals surface area contributed by atoms with E-state index >= 15 is 0 Å². The molecule has 0 atom stereocenters. The molecule has 0 aliphatic heterocycles. The minimum atomic E-state index is -4.65. The second kappa shape index (κ2) is 7.38. The topological polar surface area (TPSA) is 63.6 Å². The van der Waals surface area contributed by atoms with Gasteiger partial charge in [0, 0.05) is 5.56 Å². The average Bonchev–Trinajstić information content (AvgIpc) is 2.52. The summed E-state index contributed by atoms with van der Waals surface area (Å²) in [5, 5.41) is 8.70. The highest BCUT2D eigenvalue weighted by Gasteiger charge is 2.34. The molecule has 0 spiro atoms. The molecular weight excluding hydrogens is 337 g/mol. The van der Waals surface area contributed by atoms with Gasteiger partial charge >= 0.3 is 12.1 Å². The van der Waals surface area contributed by atoms with E-state index < -0.39 is 29.1 Å². The zero-order chi connectivity index (χ0) is 18.6. The Kier molecular flexibility index (Phi) is 5.46. The Hall–Kier alpha value is -2.83. The number of carbonyl (C=O) groups is 2. The van der Waals surface area contributed by atoms with Crippen LogP contribution in [0.4, 0.5) is 13.2 Å². The van der Waals surface area contributed by atoms with Gasteiger partial charge in [-0.2, -0.15) is 13.2 Å². The summed E-state index contributed by atoms with van der Waals surface area (Å²) in [6.45, 7) is 1.09. The lowest BCUT2D eigenvalue weighted by Gasteiger charge is -2.13. The number of hydrogen-bond donors (Lipinski definition) is 1. The molecule has 0 amide bonds. The van der Waals surface area contributed by atoms with Gasteiger partial charge in [-0.1, -0.05) is 24.3 Å². The quantitative estimate of drug-likeness (QED) is 0.795. The maximum absolute atomic E-state index is 13.0. The standard InChI is InChI=1S/C18H15F3O4/c1-11(22)15-7-6-14(9-16(15)18(19,20)21)25-10-13-4-2-12(3-5-13)8-17(23)24/h2-7,9H,8,10H2,1H3,(H,23,24). The zero-order valence-electron chi connectivity index (χ0n) is 13.3. The second-order valence-electron chi connectivity index (χ2n) is 5.44. The fourth-order valence-electron chi connectivity index (χ4n) is 2.25. The van der Waals surface area contributed by atoms with Gasteiger partial charge in [0.15, 0.2) is 5.78 Å². The molecule has 2 rings (SSSR count). The van der Waals surface area contributed by atoms with Gasteiger partial charge in [0.25, 0.3) is 0 Å². The first kappa shape index (κ1) is 18.5. The van der Waals surface area contributed by atoms with E-state index in [4.69, 9.17) is 9.84 Å². The van der Waals surface area contributed by atoms with Crippen LogP contribution in [0, 0.1) is 0 Å². The van der Waals surface area contributed by atoms with Crippen molar-refractivity contribution in [3.05, 3.63) is 64.7 Å². The van der Waals surface area contributed by atoms with E-state index in [9.17, 15) is 22.8 Å². The van der Waals surface area contributed by atoms with Crippen LogP contribution in [-0.4, -0.2) is 16.9 Å². The summed E-state index contributed by atoms with van der Waals surface area (Å²) in [5.41, 5.74) is -0.146. The van der Waals surface area contributed by atoms with Gasteiger partial charge in [0.1, 0.15) is 12.4 Å². The van der Waals surface area contributed by atoms with Crippen LogP contribution in [0.1, 0.15) is 34.0 Å². The summed E-state index contributed by atoms with van der Waals surface area (Å²) in [5.74, 6) is -1.63. The number of ether oxygens (including phenoxy) is 1. The van der Waals surface area contributed by atoms with Crippen LogP contribution >= 0.6 is 0 Å². The van der Waals surface area contributed by atoms with Crippen LogP contribution in [0.2, 0.25) is 0 Å². The smallest absolute Gasteiger partial charge is 0.417 e. The van der Waals surface area contributed by atoms with Crippen molar-refractivity contribution in [2.75, 3.05) is 0 Å². The third kappa shape index (κ3) is 5.07. The van der Waals surface area contributed by atoms with E-state index in [1.807, 2.05) is 0 Å². The lowest BCUT2D eigenvalue weighted by molar-refractivity contribution is -0.138. The Labute approximate surface area is 141 Å². The van der Waals surface area contributed by atoms with Crippen molar-refractivity contribution < 1.29 is 32.6 Å². The molecule has 0 aliphatic carbocycles. The SMILES string of the molecule is CC(=O)c1ccc(OCc2ccc(CC(=O)O)cc2)cc1C(F)(F)F. The molecule has 0 aliphatic rings. The third-order valence-corrected chi connectivity index (χ3v) is 3.46. The Morgan fingerprint density at radius 2 is 1.64 bits per heavy atom. The second-order valence-corrected chi connectivity index (χ2v) is 5.44. The zero-order valence-corrected chi connectivity index (χ0v) is 13.3. The van der Waals surface area contributed by atoms with Gasteiger partial charge in [-0.15, -0.1) is 0 Å². The predicted molar refractivity (Wildman–Crippen MR) is 83.6 cm³/mol. The maximum Gasteiger partial charge on any atom is 0.417 e. The molecule has 2 aromatic carbocycles. The van der Waals surface area contributed by atoms with E-state index in [1.54, 1.807) is 24.3 Å². The van der Waals surface area contributed by atoms with Crippen molar-refractivity contribution in [3.8, 4) is 5.75 Å². The highest BCUT2D eigenvalue weighted by atomic mass is 19.4. The van der Waals surface area contributed by atoms with Crippen molar-refractivity contribution in [1.82, 2.24) is 0 Å². The molecule has 1 N–H and O–H groups in total. The van der Waals surface area contributed by atoms with Crippen LogP contribution in [0.15, 0.2) is 42.5 Å². The first-order valence-corrected chi connectivity index (χ1v) is 7.31. The lowest BCUT2D eigenvalue weighted by Crippen LogP contribution is -2.12. The van der Waals surface area contributed by atoms with Crippen LogP contribution in [0.3, 0.4) is 0 Å². The molecule has 0 saturated carbocycles. The molecule has 0 saturated heterocycles. The molecule has 132 valence electrons. The molecule has 0 bridgehead atoms. The molecule has 0 aromatic heterocycles. The maximum atomic E-state index is 13.0. The first-order valence-electron chi connectivity index (χ1n) is 7.31. The number of rotatable bonds is 6. The Morgan fingerprint density at radius 1 is 1.04 bits per heavy atom. The number of carboxylic acids is 1. The monoisotopic (exact) mass is 352 g/mol. The largest absolute Gasteiger partial charge is 0.489 e. The number of ketones is 1. The minimum Gasteiger partial charge on any atom is -0.489 e. The molecule has 0 heterocycles. The number of hydrogen-bond acceptors (Lipinski definition) is 3. The molecule has 4 nitrogen and oxygen atoms in total. The summed E-state index contributed by atoms with van der Waals surface area (Å²) < 4.78 is 44.5. The van der Waals surface area contributed by atoms with Gasteiger partial charge < -0.3 is 9.84 Å². The first-order chi connectivity index (χ1) is 11.7. The van der Waals surface area contributed by atoms with E-state index in [0.717, 1.165) is 19.1 Å². The molecule has 0 fully saturated rings. The van der Waals surface area contributed by atoms with Gasteiger partial charge in [-0.3, -0.25) is 9.59 Å². The van der Waals surface area contributed by atoms with Gasteiger partial charge in [0.2, 0.25) is 0 Å². The third-order valence-electron chi connectivity index (χ3n) is 3.46. The Bertz CT molecular complexity index is 780. The lowest BCUT2D eigenvalue weighted by atomic mass is 10.0. The summed E-state index contributed by atoms with van der Waals surface area (Å²) in [6, 6.07) is 9.73. The molecule has 2 aromatic rings. The highest BCUT2D eigenvalue weighted by Crippen LogP contribution is 2.34. The number of carbonyl (C=O) groups excluding carboxylic acids is 1. The van der Waals surface area contributed by atoms with E-state index in [2.05, 4.69) is 0 Å². The normalized spacial score (nSPS) is 11.2. The minimum absolute atomic E-state index is 0.00747. The predicted octanol–water partition coefficient (Wildman–Crippen LogP) is 4.11. The van der Waals surface area contributed by atoms with Crippen molar-refractivity contribution in [1.29, 1.82) is 0 Å². The summed E-state index contributed by atoms with van der Waals surface area (Å²) in [4.78, 5) is 21.9. The average molecular weight is 352 g/mol. The fraction of sp³-hybridized carbons (Fsp3) is 0.222. The molecule has 7 heteroatoms. The van der Waals surface area contributed by atoms with Crippen molar-refractivity contribution >= 4 is 11.8 Å². The number of aliphatic carboxylic acids is 1. The number of halogens is 3. The summed E-state index contributed by atoms with van der Waals surface area (Å²) in [7, 11) is 0. The van der Waals surface area contributed by atoms with Gasteiger partial charge in [-0.05, 0) is 36.2 Å². The van der Waals surface area contributed by atoms with Crippen molar-refractivity contribution in [3.63, 3.8) is 0 Å². The Balaban J connectivity index is 2.13. The number of benzene rings is 2. The van der Waals surface area contributed by atoms with Crippen molar-refractivity contribution in [2.45, 2.75) is 26.1 Å². The highest BCUT2D eigenvalue weighted by molar-refractivity contribution is 5.95. The molecular formula is C18H15F3O4. The van der Waals surface area contributed by atoms with E-state index in [-0.39, 0.29) is 18.8 Å². The van der Waals surface area contributed by atoms with Gasteiger partial charge in [0.05, 0.1) is 12.0 Å². The molecule has 0 radical (unpaired) electrons. The van der Waals surface area contributed by atoms with Crippen LogP contribution in [0.5, 0.6) is 5.75 Å². The van der Waals surface area contributed by atoms with Gasteiger partial charge in [-0.25, -0.2) is 0 Å². The summed E-state index contributed by atoms with van der Waals surface area (Å²) >= 11 is 0. The van der Waals surface area contributed by atoms with Crippen LogP contribution in [0.25, 0.3) is 0 Å². The molecule has 25 heavy (non-hydrogen) atoms. The number of Topliss-reactive ketones (excluding diaryl/α,β-unsaturated/α-hetero) is 1. The fourth-order valence-corrected chi connectivity index (χ4v) is 2.25. The van der Waals surface area contributed by atoms with Crippen LogP contribution < -0.4 is 4.74 Å². The summed E-state index contributed by atoms with van der Waals surface area (Å²) in [6.07, 6.45) is -4.76. The molecule has 0 unspecified atom stereocenters. The van der Waals surface area contributed by atoms with E-state index in [1.165, 1.54) is 6.07 Å². The van der Waals surface area contributed by atoms with Crippen LogP contribution in [-0.2, 0) is 24.0 Å². The Morgan fingerprint density at radius 3 is 2.16 bits per heavy atom. The van der Waals surface area contributed by atoms with Crippen molar-refractivity contribution in [2.24, 2.45) is 0 Å².